The van der Waals surface area contributed by atoms with Gasteiger partial charge < -0.3 is 39.9 Å². The lowest BCUT2D eigenvalue weighted by atomic mass is 9.85. The Kier molecular flexibility index (Phi) is 30.8. The lowest BCUT2D eigenvalue weighted by molar-refractivity contribution is -0.220. The number of rotatable bonds is 32. The van der Waals surface area contributed by atoms with Crippen molar-refractivity contribution < 1.29 is 58.3 Å². The first-order valence-electron chi connectivity index (χ1n) is 20.4. The number of allylic oxidation sites excluding steroid dienone is 14. The SMILES string of the molecule is CC/C=C\C/C=C\C/C=C\C/C=C\CCCOCC(COP(=O)(O)OC1C(O)C(O)C(O)C(O)C1O)OC(=O)CCCCCCC/C=C\C/C=C\C/C=C\CC. The van der Waals surface area contributed by atoms with Crippen molar-refractivity contribution in [2.24, 2.45) is 0 Å². The number of carbonyl (C=O) groups excluding carboxylic acids is 1. The average molecular weight is 811 g/mol. The van der Waals surface area contributed by atoms with Crippen LogP contribution in [0.25, 0.3) is 0 Å². The molecule has 0 amide bonds. The van der Waals surface area contributed by atoms with Gasteiger partial charge in [0.25, 0.3) is 0 Å². The molecule has 0 spiro atoms. The second kappa shape index (κ2) is 33.5. The van der Waals surface area contributed by atoms with Crippen molar-refractivity contribution in [1.82, 2.24) is 0 Å². The van der Waals surface area contributed by atoms with Crippen LogP contribution in [0, 0.1) is 0 Å². The molecule has 0 aromatic carbocycles. The van der Waals surface area contributed by atoms with Gasteiger partial charge in [0, 0.05) is 13.0 Å². The Morgan fingerprint density at radius 1 is 0.571 bits per heavy atom. The van der Waals surface area contributed by atoms with Crippen molar-refractivity contribution in [2.75, 3.05) is 19.8 Å². The molecular formula is C43H71O12P. The number of ether oxygens (including phenoxy) is 2. The van der Waals surface area contributed by atoms with Gasteiger partial charge in [0.2, 0.25) is 0 Å². The molecule has 0 radical (unpaired) electrons. The zero-order valence-corrected chi connectivity index (χ0v) is 34.5. The van der Waals surface area contributed by atoms with Crippen LogP contribution < -0.4 is 0 Å². The fourth-order valence-electron chi connectivity index (χ4n) is 5.55. The minimum Gasteiger partial charge on any atom is -0.457 e. The van der Waals surface area contributed by atoms with Crippen LogP contribution in [0.15, 0.2) is 85.1 Å². The monoisotopic (exact) mass is 810 g/mol. The quantitative estimate of drug-likeness (QED) is 0.0171. The number of phosphoric ester groups is 1. The Morgan fingerprint density at radius 2 is 1.00 bits per heavy atom. The maximum atomic E-state index is 12.8. The van der Waals surface area contributed by atoms with E-state index in [2.05, 4.69) is 98.9 Å². The third kappa shape index (κ3) is 25.7. The van der Waals surface area contributed by atoms with E-state index in [0.717, 1.165) is 83.5 Å². The number of hydrogen-bond donors (Lipinski definition) is 6. The van der Waals surface area contributed by atoms with Gasteiger partial charge in [-0.05, 0) is 77.0 Å². The zero-order chi connectivity index (χ0) is 41.3. The highest BCUT2D eigenvalue weighted by molar-refractivity contribution is 7.47. The van der Waals surface area contributed by atoms with Gasteiger partial charge in [-0.25, -0.2) is 4.57 Å². The molecule has 0 aliphatic heterocycles. The summed E-state index contributed by atoms with van der Waals surface area (Å²) in [6.07, 6.45) is 31.0. The largest absolute Gasteiger partial charge is 0.472 e. The summed E-state index contributed by atoms with van der Waals surface area (Å²) < 4.78 is 33.9. The van der Waals surface area contributed by atoms with E-state index in [1.165, 1.54) is 0 Å². The van der Waals surface area contributed by atoms with Crippen LogP contribution in [-0.2, 0) is 27.9 Å². The lowest BCUT2D eigenvalue weighted by Gasteiger charge is -2.41. The van der Waals surface area contributed by atoms with E-state index in [1.807, 2.05) is 0 Å². The first-order valence-corrected chi connectivity index (χ1v) is 21.9. The van der Waals surface area contributed by atoms with E-state index < -0.39 is 63.1 Å². The summed E-state index contributed by atoms with van der Waals surface area (Å²) in [5.41, 5.74) is 0. The first kappa shape index (κ1) is 51.5. The standard InChI is InChI=1S/C43H71O12P/c1-3-5-7-9-11-13-15-17-19-20-22-24-26-28-30-32-37(44)54-36(34-52-33-31-29-27-25-23-21-18-16-14-12-10-8-6-4-2)35-53-56(50,51)55-43-41(48)39(46)38(45)40(47)42(43)49/h5-8,11-14,17-19,21,25,27,36,38-43,45-49H,3-4,9-10,15-16,20,22-24,26,28-35H2,1-2H3,(H,50,51)/b7-5-,8-6-,13-11-,14-12-,19-17-,21-18-,27-25-. The number of esters is 1. The topological polar surface area (TPSA) is 192 Å². The van der Waals surface area contributed by atoms with Gasteiger partial charge in [-0.2, -0.15) is 0 Å². The van der Waals surface area contributed by atoms with Crippen molar-refractivity contribution >= 4 is 13.8 Å². The molecular weight excluding hydrogens is 739 g/mol. The molecule has 6 unspecified atom stereocenters. The maximum absolute atomic E-state index is 12.8. The van der Waals surface area contributed by atoms with Gasteiger partial charge in [0.1, 0.15) is 42.7 Å². The zero-order valence-electron chi connectivity index (χ0n) is 33.6. The number of phosphoric acid groups is 1. The Bertz CT molecular complexity index is 1240. The smallest absolute Gasteiger partial charge is 0.457 e. The molecule has 13 heteroatoms. The summed E-state index contributed by atoms with van der Waals surface area (Å²) in [4.78, 5) is 23.1. The highest BCUT2D eigenvalue weighted by Crippen LogP contribution is 2.47. The van der Waals surface area contributed by atoms with Crippen molar-refractivity contribution in [1.29, 1.82) is 0 Å². The van der Waals surface area contributed by atoms with E-state index in [4.69, 9.17) is 18.5 Å². The molecule has 12 nitrogen and oxygen atoms in total. The van der Waals surface area contributed by atoms with E-state index in [9.17, 15) is 39.8 Å². The van der Waals surface area contributed by atoms with Gasteiger partial charge in [-0.15, -0.1) is 0 Å². The minimum absolute atomic E-state index is 0.128. The molecule has 0 heterocycles. The van der Waals surface area contributed by atoms with Crippen molar-refractivity contribution in [3.05, 3.63) is 85.1 Å². The Balaban J connectivity index is 2.52. The number of aliphatic hydroxyl groups excluding tert-OH is 5. The third-order valence-electron chi connectivity index (χ3n) is 8.76. The second-order valence-electron chi connectivity index (χ2n) is 13.7. The lowest BCUT2D eigenvalue weighted by Crippen LogP contribution is -2.64. The summed E-state index contributed by atoms with van der Waals surface area (Å²) in [5, 5.41) is 50.0. The Labute approximate surface area is 335 Å². The van der Waals surface area contributed by atoms with Gasteiger partial charge in [-0.1, -0.05) is 118 Å². The summed E-state index contributed by atoms with van der Waals surface area (Å²) in [6.45, 7) is 3.83. The maximum Gasteiger partial charge on any atom is 0.472 e. The van der Waals surface area contributed by atoms with Gasteiger partial charge >= 0.3 is 13.8 Å². The van der Waals surface area contributed by atoms with E-state index in [-0.39, 0.29) is 13.0 Å². The predicted octanol–water partition coefficient (Wildman–Crippen LogP) is 7.41. The minimum atomic E-state index is -5.04. The summed E-state index contributed by atoms with van der Waals surface area (Å²) in [7, 11) is -5.04. The summed E-state index contributed by atoms with van der Waals surface area (Å²) >= 11 is 0. The number of carbonyl (C=O) groups is 1. The van der Waals surface area contributed by atoms with Crippen LogP contribution in [0.1, 0.15) is 117 Å². The molecule has 56 heavy (non-hydrogen) atoms. The van der Waals surface area contributed by atoms with E-state index >= 15 is 0 Å². The van der Waals surface area contributed by atoms with Crippen LogP contribution in [0.4, 0.5) is 0 Å². The molecule has 0 aromatic rings. The van der Waals surface area contributed by atoms with E-state index in [1.54, 1.807) is 0 Å². The fourth-order valence-corrected chi connectivity index (χ4v) is 6.52. The molecule has 1 rings (SSSR count). The second-order valence-corrected chi connectivity index (χ2v) is 15.1. The van der Waals surface area contributed by atoms with Crippen LogP contribution in [0.3, 0.4) is 0 Å². The Morgan fingerprint density at radius 3 is 1.52 bits per heavy atom. The van der Waals surface area contributed by atoms with E-state index in [0.29, 0.717) is 19.4 Å². The molecule has 1 fully saturated rings. The van der Waals surface area contributed by atoms with Crippen molar-refractivity contribution in [2.45, 2.75) is 159 Å². The Hall–Kier alpha value is -2.48. The normalized spacial score (nSPS) is 23.9. The van der Waals surface area contributed by atoms with Gasteiger partial charge in [0.05, 0.1) is 13.2 Å². The van der Waals surface area contributed by atoms with Gasteiger partial charge in [0.15, 0.2) is 0 Å². The molecule has 6 atom stereocenters. The number of aliphatic hydroxyl groups is 5. The summed E-state index contributed by atoms with van der Waals surface area (Å²) in [6, 6.07) is 0. The number of hydrogen-bond acceptors (Lipinski definition) is 11. The molecule has 1 aliphatic carbocycles. The molecule has 0 saturated heterocycles. The molecule has 320 valence electrons. The average Bonchev–Trinajstić information content (AvgIpc) is 3.18. The van der Waals surface area contributed by atoms with Crippen LogP contribution >= 0.6 is 7.82 Å². The highest BCUT2D eigenvalue weighted by Gasteiger charge is 2.51. The summed E-state index contributed by atoms with van der Waals surface area (Å²) in [5.74, 6) is -0.518. The number of unbranched alkanes of at least 4 members (excludes halogenated alkanes) is 6. The molecule has 1 saturated carbocycles. The molecule has 1 aliphatic rings. The van der Waals surface area contributed by atoms with Crippen LogP contribution in [0.5, 0.6) is 0 Å². The predicted molar refractivity (Wildman–Crippen MR) is 221 cm³/mol. The van der Waals surface area contributed by atoms with Gasteiger partial charge in [-0.3, -0.25) is 13.8 Å². The molecule has 6 N–H and O–H groups in total. The highest BCUT2D eigenvalue weighted by atomic mass is 31.2. The van der Waals surface area contributed by atoms with Crippen LogP contribution in [-0.4, -0.2) is 98.9 Å². The molecule has 0 bridgehead atoms. The van der Waals surface area contributed by atoms with Crippen LogP contribution in [0.2, 0.25) is 0 Å². The third-order valence-corrected chi connectivity index (χ3v) is 9.75. The van der Waals surface area contributed by atoms with Crippen molar-refractivity contribution in [3.63, 3.8) is 0 Å². The fraction of sp³-hybridized carbons (Fsp3) is 0.651. The first-order chi connectivity index (χ1) is 27.0. The molecule has 0 aromatic heterocycles. The van der Waals surface area contributed by atoms with Crippen molar-refractivity contribution in [3.8, 4) is 0 Å².